The van der Waals surface area contributed by atoms with Crippen LogP contribution in [0.15, 0.2) is 43.1 Å². The van der Waals surface area contributed by atoms with E-state index in [0.717, 1.165) is 5.56 Å². The van der Waals surface area contributed by atoms with E-state index in [1.54, 1.807) is 55.2 Å². The SMILES string of the molecule is CC1(C)C[C@H](c2ccncc2)O[P@](=O)(OC[C@H]2O[C@@H](n3ccc4c(N)ncnc43)[C@](C)(O)[C@@H]2O)O1. The van der Waals surface area contributed by atoms with Crippen LogP contribution in [0.25, 0.3) is 11.0 Å². The van der Waals surface area contributed by atoms with Gasteiger partial charge in [-0.05, 0) is 44.5 Å². The third kappa shape index (κ3) is 4.47. The number of nitrogen functional groups attached to an aromatic ring is 1. The van der Waals surface area contributed by atoms with Gasteiger partial charge in [-0.1, -0.05) is 0 Å². The molecule has 0 unspecified atom stereocenters. The Kier molecular flexibility index (Phi) is 5.96. The van der Waals surface area contributed by atoms with Crippen LogP contribution < -0.4 is 5.73 Å². The van der Waals surface area contributed by atoms with Crippen LogP contribution in [-0.2, 0) is 22.9 Å². The molecule has 2 fully saturated rings. The molecule has 3 aromatic heterocycles. The molecule has 4 N–H and O–H groups in total. The molecule has 2 saturated heterocycles. The van der Waals surface area contributed by atoms with Crippen LogP contribution in [0.1, 0.15) is 45.1 Å². The normalized spacial score (nSPS) is 34.9. The van der Waals surface area contributed by atoms with Gasteiger partial charge < -0.3 is 25.3 Å². The van der Waals surface area contributed by atoms with Crippen LogP contribution in [0.3, 0.4) is 0 Å². The number of hydrogen-bond donors (Lipinski definition) is 3. The lowest BCUT2D eigenvalue weighted by atomic mass is 9.96. The fourth-order valence-electron chi connectivity index (χ4n) is 4.54. The van der Waals surface area contributed by atoms with E-state index in [1.807, 2.05) is 0 Å². The zero-order valence-corrected chi connectivity index (χ0v) is 20.4. The monoisotopic (exact) mass is 505 g/mol. The minimum Gasteiger partial charge on any atom is -0.387 e. The maximum absolute atomic E-state index is 13.5. The first-order valence-corrected chi connectivity index (χ1v) is 12.6. The second kappa shape index (κ2) is 8.59. The van der Waals surface area contributed by atoms with E-state index in [4.69, 9.17) is 24.0 Å². The zero-order valence-electron chi connectivity index (χ0n) is 19.5. The standard InChI is InChI=1S/C22H28N5O7P/c1-21(2)10-15(13-4-7-24-8-5-13)33-35(30,34-21)31-11-16-17(28)22(3,29)20(32-16)27-9-6-14-18(23)25-12-26-19(14)27/h4-9,12,15-17,20,28-29H,10-11H2,1-3H3,(H2,23,25,26)/t15-,16-,17-,20-,22-,35+/m1/s1. The van der Waals surface area contributed by atoms with E-state index in [9.17, 15) is 14.8 Å². The molecule has 35 heavy (non-hydrogen) atoms. The first-order chi connectivity index (χ1) is 16.5. The summed E-state index contributed by atoms with van der Waals surface area (Å²) in [6.45, 7) is 4.69. The molecule has 0 aliphatic carbocycles. The maximum atomic E-state index is 13.5. The van der Waals surface area contributed by atoms with E-state index in [1.165, 1.54) is 13.3 Å². The number of rotatable bonds is 5. The lowest BCUT2D eigenvalue weighted by Crippen LogP contribution is -2.44. The highest BCUT2D eigenvalue weighted by atomic mass is 31.2. The number of pyridine rings is 1. The Hall–Kier alpha value is -2.44. The number of phosphoric ester groups is 1. The second-order valence-electron chi connectivity index (χ2n) is 9.59. The summed E-state index contributed by atoms with van der Waals surface area (Å²) in [6, 6.07) is 5.25. The smallest absolute Gasteiger partial charge is 0.387 e. The highest BCUT2D eigenvalue weighted by Gasteiger charge is 2.54. The molecule has 5 rings (SSSR count). The number of fused-ring (bicyclic) bond motifs is 1. The van der Waals surface area contributed by atoms with Crippen LogP contribution in [0, 0.1) is 0 Å². The lowest BCUT2D eigenvalue weighted by Gasteiger charge is -2.39. The molecule has 5 heterocycles. The van der Waals surface area contributed by atoms with Gasteiger partial charge in [0.25, 0.3) is 0 Å². The molecule has 2 aliphatic heterocycles. The molecular formula is C22H28N5O7P. The van der Waals surface area contributed by atoms with Crippen LogP contribution >= 0.6 is 7.82 Å². The van der Waals surface area contributed by atoms with Crippen molar-refractivity contribution in [3.05, 3.63) is 48.7 Å². The van der Waals surface area contributed by atoms with Gasteiger partial charge in [-0.2, -0.15) is 0 Å². The van der Waals surface area contributed by atoms with Gasteiger partial charge in [0, 0.05) is 25.0 Å². The molecule has 6 atom stereocenters. The Morgan fingerprint density at radius 1 is 1.26 bits per heavy atom. The van der Waals surface area contributed by atoms with Gasteiger partial charge in [-0.3, -0.25) is 18.6 Å². The molecule has 0 spiro atoms. The number of hydrogen-bond acceptors (Lipinski definition) is 11. The average Bonchev–Trinajstić information content (AvgIpc) is 3.31. The molecule has 2 aliphatic rings. The van der Waals surface area contributed by atoms with Crippen molar-refractivity contribution in [1.29, 1.82) is 0 Å². The van der Waals surface area contributed by atoms with E-state index in [2.05, 4.69) is 15.0 Å². The van der Waals surface area contributed by atoms with Crippen molar-refractivity contribution in [3.8, 4) is 0 Å². The van der Waals surface area contributed by atoms with Gasteiger partial charge in [0.1, 0.15) is 35.6 Å². The van der Waals surface area contributed by atoms with E-state index < -0.39 is 43.6 Å². The number of nitrogens with two attached hydrogens (primary N) is 1. The summed E-state index contributed by atoms with van der Waals surface area (Å²) in [6.07, 6.45) is 2.69. The Morgan fingerprint density at radius 3 is 2.74 bits per heavy atom. The summed E-state index contributed by atoms with van der Waals surface area (Å²) < 4.78 is 38.1. The van der Waals surface area contributed by atoms with Crippen LogP contribution in [-0.4, -0.2) is 59.7 Å². The lowest BCUT2D eigenvalue weighted by molar-refractivity contribution is -0.0965. The van der Waals surface area contributed by atoms with Crippen LogP contribution in [0.4, 0.5) is 5.82 Å². The predicted octanol–water partition coefficient (Wildman–Crippen LogP) is 2.50. The van der Waals surface area contributed by atoms with E-state index >= 15 is 0 Å². The van der Waals surface area contributed by atoms with Gasteiger partial charge in [0.05, 0.1) is 23.7 Å². The van der Waals surface area contributed by atoms with Crippen molar-refractivity contribution in [2.45, 2.75) is 62.9 Å². The van der Waals surface area contributed by atoms with Crippen molar-refractivity contribution in [2.24, 2.45) is 0 Å². The van der Waals surface area contributed by atoms with E-state index in [0.29, 0.717) is 17.5 Å². The quantitative estimate of drug-likeness (QED) is 0.436. The first kappa shape index (κ1) is 24.3. The van der Waals surface area contributed by atoms with Crippen molar-refractivity contribution < 1.29 is 33.1 Å². The van der Waals surface area contributed by atoms with Gasteiger partial charge in [-0.25, -0.2) is 14.5 Å². The molecule has 0 bridgehead atoms. The summed E-state index contributed by atoms with van der Waals surface area (Å²) in [5, 5.41) is 22.5. The molecule has 0 radical (unpaired) electrons. The maximum Gasteiger partial charge on any atom is 0.476 e. The summed E-state index contributed by atoms with van der Waals surface area (Å²) in [5.41, 5.74) is 4.62. The number of phosphoric acid groups is 1. The van der Waals surface area contributed by atoms with Crippen LogP contribution in [0.2, 0.25) is 0 Å². The Morgan fingerprint density at radius 2 is 2.00 bits per heavy atom. The van der Waals surface area contributed by atoms with Gasteiger partial charge in [-0.15, -0.1) is 0 Å². The molecule has 0 aromatic carbocycles. The molecule has 0 amide bonds. The number of anilines is 1. The second-order valence-corrected chi connectivity index (χ2v) is 11.1. The van der Waals surface area contributed by atoms with Gasteiger partial charge in [0.2, 0.25) is 0 Å². The van der Waals surface area contributed by atoms with E-state index in [-0.39, 0.29) is 12.4 Å². The third-order valence-corrected chi connectivity index (χ3v) is 8.01. The predicted molar refractivity (Wildman–Crippen MR) is 124 cm³/mol. The zero-order chi connectivity index (χ0) is 25.0. The molecule has 3 aromatic rings. The first-order valence-electron chi connectivity index (χ1n) is 11.2. The number of aliphatic hydroxyl groups excluding tert-OH is 1. The minimum absolute atomic E-state index is 0.280. The highest BCUT2D eigenvalue weighted by Crippen LogP contribution is 2.61. The van der Waals surface area contributed by atoms with Crippen molar-refractivity contribution in [2.75, 3.05) is 12.3 Å². The number of aliphatic hydroxyl groups is 2. The molecule has 13 heteroatoms. The Bertz CT molecular complexity index is 1270. The van der Waals surface area contributed by atoms with Gasteiger partial charge in [0.15, 0.2) is 6.23 Å². The fourth-order valence-corrected chi connectivity index (χ4v) is 6.21. The molecule has 12 nitrogen and oxygen atoms in total. The number of ether oxygens (including phenoxy) is 1. The molecule has 0 saturated carbocycles. The summed E-state index contributed by atoms with van der Waals surface area (Å²) in [7, 11) is -4.04. The fraction of sp³-hybridized carbons (Fsp3) is 0.500. The number of aromatic nitrogens is 4. The summed E-state index contributed by atoms with van der Waals surface area (Å²) >= 11 is 0. The van der Waals surface area contributed by atoms with Crippen LogP contribution in [0.5, 0.6) is 0 Å². The minimum atomic E-state index is -4.04. The van der Waals surface area contributed by atoms with Crippen molar-refractivity contribution in [1.82, 2.24) is 19.5 Å². The average molecular weight is 505 g/mol. The third-order valence-electron chi connectivity index (χ3n) is 6.31. The summed E-state index contributed by atoms with van der Waals surface area (Å²) in [4.78, 5) is 12.2. The summed E-state index contributed by atoms with van der Waals surface area (Å²) in [5.74, 6) is 0.280. The van der Waals surface area contributed by atoms with Crippen molar-refractivity contribution in [3.63, 3.8) is 0 Å². The highest BCUT2D eigenvalue weighted by molar-refractivity contribution is 7.48. The van der Waals surface area contributed by atoms with Crippen molar-refractivity contribution >= 4 is 24.7 Å². The van der Waals surface area contributed by atoms with Gasteiger partial charge >= 0.3 is 7.82 Å². The largest absolute Gasteiger partial charge is 0.476 e. The molecular weight excluding hydrogens is 477 g/mol. The Labute approximate surface area is 201 Å². The molecule has 188 valence electrons. The number of nitrogens with zero attached hydrogens (tertiary/aromatic N) is 4. The Balaban J connectivity index is 1.34. The topological polar surface area (TPSA) is 164 Å².